The first-order valence-electron chi connectivity index (χ1n) is 8.06. The topological polar surface area (TPSA) is 69.7 Å². The fourth-order valence-electron chi connectivity index (χ4n) is 3.31. The number of carbonyl (C=O) groups excluding carboxylic acids is 1. The van der Waals surface area contributed by atoms with Gasteiger partial charge in [0.15, 0.2) is 0 Å². The van der Waals surface area contributed by atoms with Gasteiger partial charge in [-0.05, 0) is 44.4 Å². The third-order valence-electron chi connectivity index (χ3n) is 4.67. The van der Waals surface area contributed by atoms with Crippen molar-refractivity contribution in [1.29, 1.82) is 0 Å². The highest BCUT2D eigenvalue weighted by Gasteiger charge is 2.43. The van der Waals surface area contributed by atoms with Gasteiger partial charge >= 0.3 is 0 Å². The molecule has 0 aromatic rings. The van der Waals surface area contributed by atoms with E-state index in [1.807, 2.05) is 0 Å². The quantitative estimate of drug-likeness (QED) is 0.830. The number of carbonyl (C=O) groups is 1. The molecule has 1 aliphatic carbocycles. The van der Waals surface area contributed by atoms with E-state index in [9.17, 15) is 13.2 Å². The average Bonchev–Trinajstić information content (AvgIpc) is 3.10. The van der Waals surface area contributed by atoms with E-state index in [1.165, 1.54) is 4.31 Å². The Balaban J connectivity index is 1.71. The van der Waals surface area contributed by atoms with Crippen LogP contribution in [-0.2, 0) is 15.0 Å². The van der Waals surface area contributed by atoms with Gasteiger partial charge in [0.25, 0.3) is 10.2 Å². The van der Waals surface area contributed by atoms with Crippen LogP contribution in [0.25, 0.3) is 0 Å². The zero-order chi connectivity index (χ0) is 15.0. The maximum absolute atomic E-state index is 12.8. The Hall–Kier alpha value is -0.660. The van der Waals surface area contributed by atoms with Crippen molar-refractivity contribution in [3.63, 3.8) is 0 Å². The molecule has 2 atom stereocenters. The normalized spacial score (nSPS) is 32.2. The van der Waals surface area contributed by atoms with Crippen molar-refractivity contribution in [2.24, 2.45) is 5.92 Å². The predicted molar refractivity (Wildman–Crippen MR) is 79.8 cm³/mol. The van der Waals surface area contributed by atoms with Crippen molar-refractivity contribution in [3.05, 3.63) is 0 Å². The van der Waals surface area contributed by atoms with E-state index >= 15 is 0 Å². The third kappa shape index (κ3) is 3.24. The van der Waals surface area contributed by atoms with Crippen molar-refractivity contribution in [1.82, 2.24) is 13.9 Å². The van der Waals surface area contributed by atoms with Crippen molar-refractivity contribution >= 4 is 16.1 Å². The molecule has 2 aliphatic heterocycles. The van der Waals surface area contributed by atoms with Gasteiger partial charge in [0.05, 0.1) is 0 Å². The van der Waals surface area contributed by atoms with Crippen LogP contribution in [-0.4, -0.2) is 54.7 Å². The Bertz CT molecular complexity index is 504. The second kappa shape index (κ2) is 5.85. The van der Waals surface area contributed by atoms with E-state index in [0.717, 1.165) is 32.1 Å². The smallest absolute Gasteiger partial charge is 0.282 e. The van der Waals surface area contributed by atoms with Crippen molar-refractivity contribution in [3.8, 4) is 0 Å². The van der Waals surface area contributed by atoms with Gasteiger partial charge in [-0.25, -0.2) is 0 Å². The van der Waals surface area contributed by atoms with Crippen LogP contribution in [0.2, 0.25) is 0 Å². The zero-order valence-corrected chi connectivity index (χ0v) is 13.4. The largest absolute Gasteiger partial charge is 0.352 e. The second-order valence-electron chi connectivity index (χ2n) is 6.66. The molecule has 0 unspecified atom stereocenters. The number of hydrogen-bond acceptors (Lipinski definition) is 3. The molecule has 1 amide bonds. The van der Waals surface area contributed by atoms with E-state index in [4.69, 9.17) is 0 Å². The van der Waals surface area contributed by atoms with E-state index in [2.05, 4.69) is 12.2 Å². The summed E-state index contributed by atoms with van der Waals surface area (Å²) >= 11 is 0. The monoisotopic (exact) mass is 315 g/mol. The number of amides is 1. The van der Waals surface area contributed by atoms with E-state index in [0.29, 0.717) is 32.0 Å². The summed E-state index contributed by atoms with van der Waals surface area (Å²) < 4.78 is 28.6. The SMILES string of the molecule is C[C@@H]1CCCN(S(=O)(=O)N2CCC[C@H]2C(=O)NC2CC2)C1. The van der Waals surface area contributed by atoms with Crippen LogP contribution < -0.4 is 5.32 Å². The lowest BCUT2D eigenvalue weighted by Gasteiger charge is -2.34. The van der Waals surface area contributed by atoms with Crippen molar-refractivity contribution in [2.45, 2.75) is 57.5 Å². The number of piperidine rings is 1. The van der Waals surface area contributed by atoms with E-state index in [1.54, 1.807) is 4.31 Å². The summed E-state index contributed by atoms with van der Waals surface area (Å²) in [6, 6.07) is -0.231. The molecule has 7 heteroatoms. The van der Waals surface area contributed by atoms with E-state index in [-0.39, 0.29) is 11.9 Å². The standard InChI is InChI=1S/C14H25N3O3S/c1-11-4-2-8-16(10-11)21(19,20)17-9-3-5-13(17)14(18)15-12-6-7-12/h11-13H,2-10H2,1H3,(H,15,18)/t11-,13+/m1/s1. The van der Waals surface area contributed by atoms with E-state index < -0.39 is 16.3 Å². The molecule has 0 aromatic carbocycles. The lowest BCUT2D eigenvalue weighted by Crippen LogP contribution is -2.53. The highest BCUT2D eigenvalue weighted by atomic mass is 32.2. The molecule has 0 aromatic heterocycles. The molecule has 120 valence electrons. The minimum Gasteiger partial charge on any atom is -0.352 e. The molecule has 2 saturated heterocycles. The summed E-state index contributed by atoms with van der Waals surface area (Å²) in [6.07, 6.45) is 5.45. The van der Waals surface area contributed by atoms with Gasteiger partial charge in [-0.15, -0.1) is 0 Å². The first kappa shape index (κ1) is 15.2. The van der Waals surface area contributed by atoms with Crippen LogP contribution in [0.5, 0.6) is 0 Å². The van der Waals surface area contributed by atoms with Crippen LogP contribution >= 0.6 is 0 Å². The lowest BCUT2D eigenvalue weighted by molar-refractivity contribution is -0.124. The molecule has 0 spiro atoms. The summed E-state index contributed by atoms with van der Waals surface area (Å²) in [7, 11) is -3.50. The zero-order valence-electron chi connectivity index (χ0n) is 12.6. The summed E-state index contributed by atoms with van der Waals surface area (Å²) in [4.78, 5) is 12.3. The summed E-state index contributed by atoms with van der Waals surface area (Å²) in [5, 5.41) is 2.95. The van der Waals surface area contributed by atoms with Crippen LogP contribution in [0.3, 0.4) is 0 Å². The Kier molecular flexibility index (Phi) is 4.25. The van der Waals surface area contributed by atoms with Crippen LogP contribution in [0.4, 0.5) is 0 Å². The fourth-order valence-corrected chi connectivity index (χ4v) is 5.29. The third-order valence-corrected chi connectivity index (χ3v) is 6.69. The van der Waals surface area contributed by atoms with Gasteiger partial charge < -0.3 is 5.32 Å². The molecule has 1 N–H and O–H groups in total. The van der Waals surface area contributed by atoms with Gasteiger partial charge in [-0.1, -0.05) is 6.92 Å². The van der Waals surface area contributed by atoms with Gasteiger partial charge in [0.2, 0.25) is 5.91 Å². The predicted octanol–water partition coefficient (Wildman–Crippen LogP) is 0.706. The van der Waals surface area contributed by atoms with Gasteiger partial charge in [-0.2, -0.15) is 17.0 Å². The summed E-state index contributed by atoms with van der Waals surface area (Å²) in [6.45, 7) is 3.72. The highest BCUT2D eigenvalue weighted by Crippen LogP contribution is 2.28. The molecule has 3 fully saturated rings. The lowest BCUT2D eigenvalue weighted by atomic mass is 10.0. The Labute approximate surface area is 127 Å². The number of hydrogen-bond donors (Lipinski definition) is 1. The number of nitrogens with zero attached hydrogens (tertiary/aromatic N) is 2. The maximum Gasteiger partial charge on any atom is 0.282 e. The molecule has 6 nitrogen and oxygen atoms in total. The molecule has 3 aliphatic rings. The fraction of sp³-hybridized carbons (Fsp3) is 0.929. The molecule has 1 saturated carbocycles. The maximum atomic E-state index is 12.8. The second-order valence-corrected chi connectivity index (χ2v) is 8.55. The molecule has 2 heterocycles. The average molecular weight is 315 g/mol. The number of rotatable bonds is 4. The van der Waals surface area contributed by atoms with Crippen LogP contribution in [0.1, 0.15) is 45.4 Å². The van der Waals surface area contributed by atoms with Crippen LogP contribution in [0.15, 0.2) is 0 Å². The molecule has 3 rings (SSSR count). The summed E-state index contributed by atoms with van der Waals surface area (Å²) in [5.41, 5.74) is 0. The minimum atomic E-state index is -3.50. The van der Waals surface area contributed by atoms with Crippen LogP contribution in [0, 0.1) is 5.92 Å². The summed E-state index contributed by atoms with van der Waals surface area (Å²) in [5.74, 6) is 0.290. The van der Waals surface area contributed by atoms with Crippen molar-refractivity contribution < 1.29 is 13.2 Å². The number of nitrogens with one attached hydrogen (secondary N) is 1. The van der Waals surface area contributed by atoms with Gasteiger partial charge in [0.1, 0.15) is 6.04 Å². The van der Waals surface area contributed by atoms with Crippen molar-refractivity contribution in [2.75, 3.05) is 19.6 Å². The molecule has 21 heavy (non-hydrogen) atoms. The molecule has 0 bridgehead atoms. The molecular formula is C14H25N3O3S. The first-order valence-corrected chi connectivity index (χ1v) is 9.45. The first-order chi connectivity index (χ1) is 9.98. The Morgan fingerprint density at radius 2 is 1.81 bits per heavy atom. The minimum absolute atomic E-state index is 0.108. The van der Waals surface area contributed by atoms with Gasteiger partial charge in [0, 0.05) is 25.7 Å². The van der Waals surface area contributed by atoms with Gasteiger partial charge in [-0.3, -0.25) is 4.79 Å². The molecule has 0 radical (unpaired) electrons. The molecular weight excluding hydrogens is 290 g/mol. The Morgan fingerprint density at radius 3 is 2.48 bits per heavy atom. The highest BCUT2D eigenvalue weighted by molar-refractivity contribution is 7.86. The Morgan fingerprint density at radius 1 is 1.10 bits per heavy atom.